The molecule has 0 bridgehead atoms. The molecule has 5 nitrogen and oxygen atoms in total. The van der Waals surface area contributed by atoms with Crippen LogP contribution in [-0.4, -0.2) is 41.3 Å². The first-order chi connectivity index (χ1) is 11.6. The minimum Gasteiger partial charge on any atom is -0.350 e. The zero-order valence-electron chi connectivity index (χ0n) is 13.5. The Balaban J connectivity index is 1.82. The van der Waals surface area contributed by atoms with Crippen LogP contribution < -0.4 is 5.32 Å². The number of carbonyl (C=O) groups is 2. The van der Waals surface area contributed by atoms with E-state index in [1.165, 1.54) is 19.2 Å². The number of pyridine rings is 1. The highest BCUT2D eigenvalue weighted by Gasteiger charge is 2.11. The molecule has 1 heterocycles. The number of nitrogens with zero attached hydrogens (tertiary/aromatic N) is 2. The first-order valence-corrected chi connectivity index (χ1v) is 7.75. The molecular weight excluding hydrogens is 309 g/mol. The van der Waals surface area contributed by atoms with Gasteiger partial charge < -0.3 is 10.2 Å². The normalized spacial score (nSPS) is 10.2. The Morgan fingerprint density at radius 3 is 2.62 bits per heavy atom. The van der Waals surface area contributed by atoms with Gasteiger partial charge in [0, 0.05) is 39.0 Å². The van der Waals surface area contributed by atoms with Crippen LogP contribution in [0.3, 0.4) is 0 Å². The summed E-state index contributed by atoms with van der Waals surface area (Å²) >= 11 is 0. The van der Waals surface area contributed by atoms with Crippen molar-refractivity contribution in [2.75, 3.05) is 19.6 Å². The van der Waals surface area contributed by atoms with Crippen molar-refractivity contribution in [2.24, 2.45) is 0 Å². The minimum absolute atomic E-state index is 0.109. The summed E-state index contributed by atoms with van der Waals surface area (Å²) in [5.74, 6) is -0.617. The molecule has 2 rings (SSSR count). The number of hydrogen-bond donors (Lipinski definition) is 1. The number of benzene rings is 1. The summed E-state index contributed by atoms with van der Waals surface area (Å²) in [5, 5.41) is 2.75. The standard InChI is InChI=1S/C18H20FN3O2/c1-14(23)22(11-8-15-5-2-3-7-17(15)19)12-10-21-18(24)16-6-4-9-20-13-16/h2-7,9,13H,8,10-12H2,1H3,(H,21,24). The fourth-order valence-corrected chi connectivity index (χ4v) is 2.29. The van der Waals surface area contributed by atoms with Gasteiger partial charge in [-0.25, -0.2) is 4.39 Å². The molecule has 0 aliphatic heterocycles. The monoisotopic (exact) mass is 329 g/mol. The van der Waals surface area contributed by atoms with Crippen molar-refractivity contribution in [3.8, 4) is 0 Å². The number of halogens is 1. The molecule has 1 N–H and O–H groups in total. The minimum atomic E-state index is -0.272. The van der Waals surface area contributed by atoms with E-state index >= 15 is 0 Å². The molecule has 2 aromatic rings. The number of hydrogen-bond acceptors (Lipinski definition) is 3. The van der Waals surface area contributed by atoms with Gasteiger partial charge in [-0.15, -0.1) is 0 Å². The second-order valence-electron chi connectivity index (χ2n) is 5.35. The number of nitrogens with one attached hydrogen (secondary N) is 1. The molecule has 24 heavy (non-hydrogen) atoms. The van der Waals surface area contributed by atoms with E-state index in [4.69, 9.17) is 0 Å². The van der Waals surface area contributed by atoms with Gasteiger partial charge in [0.15, 0.2) is 0 Å². The Labute approximate surface area is 140 Å². The smallest absolute Gasteiger partial charge is 0.252 e. The molecule has 1 aromatic heterocycles. The molecule has 0 saturated carbocycles. The van der Waals surface area contributed by atoms with Crippen molar-refractivity contribution < 1.29 is 14.0 Å². The van der Waals surface area contributed by atoms with Crippen LogP contribution in [0.25, 0.3) is 0 Å². The lowest BCUT2D eigenvalue weighted by atomic mass is 10.1. The van der Waals surface area contributed by atoms with Crippen molar-refractivity contribution in [2.45, 2.75) is 13.3 Å². The Kier molecular flexibility index (Phi) is 6.42. The van der Waals surface area contributed by atoms with E-state index in [0.29, 0.717) is 37.2 Å². The van der Waals surface area contributed by atoms with Crippen LogP contribution in [0.1, 0.15) is 22.8 Å². The highest BCUT2D eigenvalue weighted by molar-refractivity contribution is 5.93. The fraction of sp³-hybridized carbons (Fsp3) is 0.278. The molecule has 0 aliphatic carbocycles. The quantitative estimate of drug-likeness (QED) is 0.845. The summed E-state index contributed by atoms with van der Waals surface area (Å²) < 4.78 is 13.6. The highest BCUT2D eigenvalue weighted by atomic mass is 19.1. The molecule has 0 unspecified atom stereocenters. The summed E-state index contributed by atoms with van der Waals surface area (Å²) in [7, 11) is 0. The Bertz CT molecular complexity index is 692. The summed E-state index contributed by atoms with van der Waals surface area (Å²) in [4.78, 5) is 29.1. The van der Waals surface area contributed by atoms with Crippen molar-refractivity contribution in [1.82, 2.24) is 15.2 Å². The van der Waals surface area contributed by atoms with Crippen molar-refractivity contribution in [3.05, 3.63) is 65.7 Å². The van der Waals surface area contributed by atoms with E-state index < -0.39 is 0 Å². The summed E-state index contributed by atoms with van der Waals surface area (Å²) in [6.45, 7) is 2.56. The van der Waals surface area contributed by atoms with Gasteiger partial charge in [0.25, 0.3) is 5.91 Å². The molecule has 2 amide bonds. The van der Waals surface area contributed by atoms with E-state index in [-0.39, 0.29) is 17.6 Å². The summed E-state index contributed by atoms with van der Waals surface area (Å²) in [6, 6.07) is 9.87. The maximum Gasteiger partial charge on any atom is 0.252 e. The van der Waals surface area contributed by atoms with Gasteiger partial charge in [0.05, 0.1) is 5.56 Å². The van der Waals surface area contributed by atoms with Crippen molar-refractivity contribution >= 4 is 11.8 Å². The van der Waals surface area contributed by atoms with Crippen LogP contribution in [0.4, 0.5) is 4.39 Å². The summed E-state index contributed by atoms with van der Waals surface area (Å²) in [6.07, 6.45) is 3.51. The maximum absolute atomic E-state index is 13.6. The van der Waals surface area contributed by atoms with Crippen LogP contribution in [0.5, 0.6) is 0 Å². The molecule has 0 saturated heterocycles. The molecule has 0 radical (unpaired) electrons. The topological polar surface area (TPSA) is 62.3 Å². The molecule has 0 aliphatic rings. The van der Waals surface area contributed by atoms with Gasteiger partial charge in [-0.1, -0.05) is 18.2 Å². The van der Waals surface area contributed by atoms with Gasteiger partial charge in [0.1, 0.15) is 5.82 Å². The van der Waals surface area contributed by atoms with Gasteiger partial charge in [-0.2, -0.15) is 0 Å². The zero-order chi connectivity index (χ0) is 17.4. The predicted octanol–water partition coefficient (Wildman–Crippen LogP) is 2.04. The van der Waals surface area contributed by atoms with Crippen LogP contribution in [0.2, 0.25) is 0 Å². The van der Waals surface area contributed by atoms with Crippen molar-refractivity contribution in [3.63, 3.8) is 0 Å². The third kappa shape index (κ3) is 5.15. The van der Waals surface area contributed by atoms with Gasteiger partial charge in [0.2, 0.25) is 5.91 Å². The lowest BCUT2D eigenvalue weighted by molar-refractivity contribution is -0.128. The first-order valence-electron chi connectivity index (χ1n) is 7.75. The average Bonchev–Trinajstić information content (AvgIpc) is 2.59. The van der Waals surface area contributed by atoms with Gasteiger partial charge >= 0.3 is 0 Å². The largest absolute Gasteiger partial charge is 0.350 e. The molecule has 126 valence electrons. The van der Waals surface area contributed by atoms with Gasteiger partial charge in [-0.05, 0) is 30.2 Å². The lowest BCUT2D eigenvalue weighted by Crippen LogP contribution is -2.38. The number of carbonyl (C=O) groups excluding carboxylic acids is 2. The molecule has 1 aromatic carbocycles. The van der Waals surface area contributed by atoms with E-state index in [9.17, 15) is 14.0 Å². The molecule has 0 atom stereocenters. The van der Waals surface area contributed by atoms with Crippen LogP contribution in [0, 0.1) is 5.82 Å². The van der Waals surface area contributed by atoms with Crippen LogP contribution >= 0.6 is 0 Å². The van der Waals surface area contributed by atoms with E-state index in [1.54, 1.807) is 41.4 Å². The van der Waals surface area contributed by atoms with Crippen LogP contribution in [0.15, 0.2) is 48.8 Å². The number of aromatic nitrogens is 1. The van der Waals surface area contributed by atoms with E-state index in [0.717, 1.165) is 0 Å². The van der Waals surface area contributed by atoms with Crippen molar-refractivity contribution in [1.29, 1.82) is 0 Å². The third-order valence-electron chi connectivity index (χ3n) is 3.65. The highest BCUT2D eigenvalue weighted by Crippen LogP contribution is 2.08. The van der Waals surface area contributed by atoms with Crippen LogP contribution in [-0.2, 0) is 11.2 Å². The maximum atomic E-state index is 13.6. The molecule has 0 fully saturated rings. The number of amides is 2. The SMILES string of the molecule is CC(=O)N(CCNC(=O)c1cccnc1)CCc1ccccc1F. The Morgan fingerprint density at radius 1 is 1.17 bits per heavy atom. The molecular formula is C18H20FN3O2. The second-order valence-corrected chi connectivity index (χ2v) is 5.35. The van der Waals surface area contributed by atoms with E-state index in [1.807, 2.05) is 0 Å². The predicted molar refractivity (Wildman–Crippen MR) is 88.9 cm³/mol. The lowest BCUT2D eigenvalue weighted by Gasteiger charge is -2.21. The molecule has 0 spiro atoms. The molecule has 6 heteroatoms. The zero-order valence-corrected chi connectivity index (χ0v) is 13.5. The second kappa shape index (κ2) is 8.76. The van der Waals surface area contributed by atoms with E-state index in [2.05, 4.69) is 10.3 Å². The first kappa shape index (κ1) is 17.6. The van der Waals surface area contributed by atoms with Gasteiger partial charge in [-0.3, -0.25) is 14.6 Å². The Morgan fingerprint density at radius 2 is 1.96 bits per heavy atom. The number of rotatable bonds is 7. The fourth-order valence-electron chi connectivity index (χ4n) is 2.29. The summed E-state index contributed by atoms with van der Waals surface area (Å²) in [5.41, 5.74) is 1.04. The third-order valence-corrected chi connectivity index (χ3v) is 3.65. The Hall–Kier alpha value is -2.76. The average molecular weight is 329 g/mol.